The third kappa shape index (κ3) is 4.87. The average Bonchev–Trinajstić information content (AvgIpc) is 3.38. The minimum absolute atomic E-state index is 0.0644. The smallest absolute Gasteiger partial charge is 0.224 e. The third-order valence-electron chi connectivity index (χ3n) is 6.88. The number of rotatable bonds is 6. The molecule has 5 rings (SSSR count). The molecular weight excluding hydrogens is 480 g/mol. The number of primary amides is 1. The second-order valence-electron chi connectivity index (χ2n) is 9.29. The van der Waals surface area contributed by atoms with Gasteiger partial charge in [0.25, 0.3) is 0 Å². The number of carbonyl (C=O) groups excluding carboxylic acids is 1. The predicted molar refractivity (Wildman–Crippen MR) is 127 cm³/mol. The van der Waals surface area contributed by atoms with Gasteiger partial charge < -0.3 is 21.5 Å². The van der Waals surface area contributed by atoms with Gasteiger partial charge in [0.1, 0.15) is 11.3 Å². The molecule has 2 aliphatic rings. The number of amides is 1. The van der Waals surface area contributed by atoms with Gasteiger partial charge in [-0.2, -0.15) is 4.98 Å². The molecular formula is C23H26ClF2N7O2. The average molecular weight is 506 g/mol. The first kappa shape index (κ1) is 23.7. The van der Waals surface area contributed by atoms with Crippen LogP contribution in [0.4, 0.5) is 26.4 Å². The highest BCUT2D eigenvalue weighted by molar-refractivity contribution is 6.33. The van der Waals surface area contributed by atoms with Gasteiger partial charge in [0.2, 0.25) is 17.8 Å². The lowest BCUT2D eigenvalue weighted by Gasteiger charge is -2.29. The zero-order valence-electron chi connectivity index (χ0n) is 18.8. The zero-order chi connectivity index (χ0) is 24.7. The van der Waals surface area contributed by atoms with Gasteiger partial charge in [0, 0.05) is 24.1 Å². The lowest BCUT2D eigenvalue weighted by atomic mass is 9.85. The van der Waals surface area contributed by atoms with Crippen molar-refractivity contribution < 1.29 is 18.7 Å². The van der Waals surface area contributed by atoms with E-state index in [9.17, 15) is 18.7 Å². The van der Waals surface area contributed by atoms with Crippen LogP contribution < -0.4 is 16.4 Å². The summed E-state index contributed by atoms with van der Waals surface area (Å²) in [6.07, 6.45) is 5.91. The molecule has 2 aliphatic carbocycles. The summed E-state index contributed by atoms with van der Waals surface area (Å²) in [5, 5.41) is 15.9. The molecule has 2 atom stereocenters. The fourth-order valence-electron chi connectivity index (χ4n) is 5.06. The van der Waals surface area contributed by atoms with Crippen LogP contribution >= 0.6 is 11.6 Å². The fourth-order valence-corrected chi connectivity index (χ4v) is 5.30. The maximum absolute atomic E-state index is 14.6. The number of imidazole rings is 1. The van der Waals surface area contributed by atoms with Crippen molar-refractivity contribution >= 4 is 46.3 Å². The first-order valence-electron chi connectivity index (χ1n) is 11.7. The quantitative estimate of drug-likeness (QED) is 0.397. The number of benzene rings is 1. The molecule has 1 aromatic carbocycles. The van der Waals surface area contributed by atoms with Crippen LogP contribution in [-0.2, 0) is 4.79 Å². The molecule has 2 saturated carbocycles. The van der Waals surface area contributed by atoms with E-state index in [0.717, 1.165) is 25.0 Å². The van der Waals surface area contributed by atoms with E-state index in [1.807, 2.05) is 4.57 Å². The highest BCUT2D eigenvalue weighted by atomic mass is 35.5. The van der Waals surface area contributed by atoms with Crippen LogP contribution in [-0.4, -0.2) is 42.7 Å². The Morgan fingerprint density at radius 1 is 1.14 bits per heavy atom. The number of hydrogen-bond donors (Lipinski definition) is 4. The Morgan fingerprint density at radius 2 is 1.91 bits per heavy atom. The van der Waals surface area contributed by atoms with E-state index < -0.39 is 11.6 Å². The summed E-state index contributed by atoms with van der Waals surface area (Å²) in [7, 11) is 0. The number of fused-ring (bicyclic) bond motifs is 1. The molecule has 1 unspecified atom stereocenters. The van der Waals surface area contributed by atoms with Crippen LogP contribution in [0.2, 0.25) is 5.02 Å². The predicted octanol–water partition coefficient (Wildman–Crippen LogP) is 4.04. The van der Waals surface area contributed by atoms with Gasteiger partial charge in [-0.05, 0) is 51.0 Å². The van der Waals surface area contributed by atoms with Crippen LogP contribution in [0, 0.1) is 17.6 Å². The molecule has 3 aromatic rings. The Balaban J connectivity index is 1.52. The number of nitrogens with two attached hydrogens (primary N) is 1. The summed E-state index contributed by atoms with van der Waals surface area (Å²) in [6.45, 7) is 0. The van der Waals surface area contributed by atoms with Crippen molar-refractivity contribution in [2.45, 2.75) is 63.1 Å². The number of anilines is 3. The number of halogens is 3. The normalized spacial score (nSPS) is 24.6. The molecule has 2 aromatic heterocycles. The number of hydrogen-bond acceptors (Lipinski definition) is 7. The van der Waals surface area contributed by atoms with Gasteiger partial charge >= 0.3 is 0 Å². The SMILES string of the molecule is NC(=O)C1CCC(n2c(Nc3c(F)cc(F)cc3Cl)nc3cnc(N[C@@H]4CCC(O)C4)nc32)CC1. The topological polar surface area (TPSA) is 131 Å². The monoisotopic (exact) mass is 505 g/mol. The maximum Gasteiger partial charge on any atom is 0.224 e. The highest BCUT2D eigenvalue weighted by Crippen LogP contribution is 2.38. The van der Waals surface area contributed by atoms with Crippen LogP contribution in [0.1, 0.15) is 51.0 Å². The summed E-state index contributed by atoms with van der Waals surface area (Å²) in [5.74, 6) is -1.44. The van der Waals surface area contributed by atoms with Crippen molar-refractivity contribution in [3.8, 4) is 0 Å². The molecule has 0 radical (unpaired) electrons. The molecule has 5 N–H and O–H groups in total. The Bertz CT molecular complexity index is 1240. The summed E-state index contributed by atoms with van der Waals surface area (Å²) in [4.78, 5) is 25.3. The Kier molecular flexibility index (Phi) is 6.45. The van der Waals surface area contributed by atoms with E-state index in [1.54, 1.807) is 6.20 Å². The molecule has 9 nitrogen and oxygen atoms in total. The van der Waals surface area contributed by atoms with Crippen LogP contribution in [0.15, 0.2) is 18.3 Å². The molecule has 0 spiro atoms. The molecule has 186 valence electrons. The summed E-state index contributed by atoms with van der Waals surface area (Å²) in [5.41, 5.74) is 6.43. The van der Waals surface area contributed by atoms with Crippen molar-refractivity contribution in [2.24, 2.45) is 11.7 Å². The lowest BCUT2D eigenvalue weighted by Crippen LogP contribution is -2.29. The number of aliphatic hydroxyl groups excluding tert-OH is 1. The third-order valence-corrected chi connectivity index (χ3v) is 7.18. The largest absolute Gasteiger partial charge is 0.393 e. The molecule has 1 amide bonds. The lowest BCUT2D eigenvalue weighted by molar-refractivity contribution is -0.122. The minimum Gasteiger partial charge on any atom is -0.393 e. The van der Waals surface area contributed by atoms with E-state index in [0.29, 0.717) is 49.2 Å². The van der Waals surface area contributed by atoms with E-state index in [1.165, 1.54) is 0 Å². The standard InChI is InChI=1S/C23H26ClF2N7O2/c24-16-7-12(25)8-17(26)19(16)31-23-30-18-10-28-22(29-13-3-6-15(34)9-13)32-21(18)33(23)14-4-1-11(2-5-14)20(27)35/h7-8,10-11,13-15,34H,1-6,9H2,(H2,27,35)(H,30,31)(H,28,29,32)/t11?,13-,14?,15?/m1/s1. The van der Waals surface area contributed by atoms with E-state index >= 15 is 0 Å². The molecule has 0 aliphatic heterocycles. The van der Waals surface area contributed by atoms with Crippen LogP contribution in [0.25, 0.3) is 11.2 Å². The van der Waals surface area contributed by atoms with Crippen molar-refractivity contribution in [1.29, 1.82) is 0 Å². The summed E-state index contributed by atoms with van der Waals surface area (Å²) >= 11 is 6.12. The van der Waals surface area contributed by atoms with Gasteiger partial charge in [-0.25, -0.2) is 18.7 Å². The fraction of sp³-hybridized carbons (Fsp3) is 0.478. The molecule has 2 fully saturated rings. The first-order valence-corrected chi connectivity index (χ1v) is 12.1. The van der Waals surface area contributed by atoms with E-state index in [4.69, 9.17) is 22.3 Å². The molecule has 2 heterocycles. The zero-order valence-corrected chi connectivity index (χ0v) is 19.6. The minimum atomic E-state index is -0.848. The van der Waals surface area contributed by atoms with Gasteiger partial charge in [0.15, 0.2) is 11.5 Å². The molecule has 0 bridgehead atoms. The molecule has 12 heteroatoms. The second kappa shape index (κ2) is 9.54. The highest BCUT2D eigenvalue weighted by Gasteiger charge is 2.30. The van der Waals surface area contributed by atoms with E-state index in [-0.39, 0.29) is 46.7 Å². The van der Waals surface area contributed by atoms with Gasteiger partial charge in [0.05, 0.1) is 23.0 Å². The van der Waals surface area contributed by atoms with Crippen LogP contribution in [0.3, 0.4) is 0 Å². The molecule has 0 saturated heterocycles. The number of aliphatic hydroxyl groups is 1. The Morgan fingerprint density at radius 3 is 2.57 bits per heavy atom. The summed E-state index contributed by atoms with van der Waals surface area (Å²) < 4.78 is 30.0. The van der Waals surface area contributed by atoms with Gasteiger partial charge in [-0.1, -0.05) is 11.6 Å². The van der Waals surface area contributed by atoms with Crippen molar-refractivity contribution in [1.82, 2.24) is 19.5 Å². The van der Waals surface area contributed by atoms with Gasteiger partial charge in [-0.3, -0.25) is 9.36 Å². The van der Waals surface area contributed by atoms with Crippen molar-refractivity contribution in [3.63, 3.8) is 0 Å². The van der Waals surface area contributed by atoms with Crippen molar-refractivity contribution in [3.05, 3.63) is 35.0 Å². The number of carbonyl (C=O) groups is 1. The summed E-state index contributed by atoms with van der Waals surface area (Å²) in [6, 6.07) is 1.75. The maximum atomic E-state index is 14.6. The second-order valence-corrected chi connectivity index (χ2v) is 9.70. The Labute approximate surface area is 205 Å². The van der Waals surface area contributed by atoms with Crippen LogP contribution in [0.5, 0.6) is 0 Å². The number of aromatic nitrogens is 4. The Hall–Kier alpha value is -3.05. The van der Waals surface area contributed by atoms with Crippen molar-refractivity contribution in [2.75, 3.05) is 10.6 Å². The van der Waals surface area contributed by atoms with Gasteiger partial charge in [-0.15, -0.1) is 0 Å². The first-order chi connectivity index (χ1) is 16.8. The van der Waals surface area contributed by atoms with E-state index in [2.05, 4.69) is 20.6 Å². The molecule has 35 heavy (non-hydrogen) atoms. The number of nitrogens with one attached hydrogen (secondary N) is 2. The number of nitrogens with zero attached hydrogens (tertiary/aromatic N) is 4.